The summed E-state index contributed by atoms with van der Waals surface area (Å²) in [5, 5.41) is 11.8. The van der Waals surface area contributed by atoms with Crippen molar-refractivity contribution < 1.29 is 14.7 Å². The first-order valence-corrected chi connectivity index (χ1v) is 8.02. The van der Waals surface area contributed by atoms with Crippen LogP contribution in [0.5, 0.6) is 0 Å². The Bertz CT molecular complexity index is 359. The van der Waals surface area contributed by atoms with Crippen LogP contribution in [0.3, 0.4) is 0 Å². The van der Waals surface area contributed by atoms with Gasteiger partial charge in [0.05, 0.1) is 0 Å². The van der Waals surface area contributed by atoms with Crippen molar-refractivity contribution in [3.63, 3.8) is 0 Å². The predicted octanol–water partition coefficient (Wildman–Crippen LogP) is 3.10. The SMILES string of the molecule is CCN(C(=O)NCCC(CCC(=O)O)C(C)(C)C)C1CC1. The smallest absolute Gasteiger partial charge is 0.317 e. The van der Waals surface area contributed by atoms with E-state index in [4.69, 9.17) is 5.11 Å². The summed E-state index contributed by atoms with van der Waals surface area (Å²) in [5.41, 5.74) is 0.0567. The highest BCUT2D eigenvalue weighted by Gasteiger charge is 2.31. The van der Waals surface area contributed by atoms with E-state index >= 15 is 0 Å². The molecule has 0 aromatic rings. The summed E-state index contributed by atoms with van der Waals surface area (Å²) in [7, 11) is 0. The quantitative estimate of drug-likeness (QED) is 0.723. The maximum atomic E-state index is 12.1. The molecule has 1 fully saturated rings. The molecule has 122 valence electrons. The van der Waals surface area contributed by atoms with Crippen LogP contribution >= 0.6 is 0 Å². The standard InChI is InChI=1S/C16H30N2O3/c1-5-18(13-7-8-13)15(21)17-11-10-12(16(2,3)4)6-9-14(19)20/h12-13H,5-11H2,1-4H3,(H,17,21)(H,19,20). The van der Waals surface area contributed by atoms with Gasteiger partial charge in [-0.25, -0.2) is 4.79 Å². The zero-order valence-electron chi connectivity index (χ0n) is 13.8. The van der Waals surface area contributed by atoms with Gasteiger partial charge in [-0.15, -0.1) is 0 Å². The summed E-state index contributed by atoms with van der Waals surface area (Å²) < 4.78 is 0. The van der Waals surface area contributed by atoms with Crippen molar-refractivity contribution in [2.24, 2.45) is 11.3 Å². The van der Waals surface area contributed by atoms with E-state index in [0.717, 1.165) is 25.8 Å². The van der Waals surface area contributed by atoms with Gasteiger partial charge in [-0.3, -0.25) is 4.79 Å². The fourth-order valence-electron chi connectivity index (χ4n) is 2.72. The number of hydrogen-bond donors (Lipinski definition) is 2. The molecular formula is C16H30N2O3. The summed E-state index contributed by atoms with van der Waals surface area (Å²) in [6, 6.07) is 0.450. The van der Waals surface area contributed by atoms with Crippen molar-refractivity contribution >= 4 is 12.0 Å². The van der Waals surface area contributed by atoms with E-state index in [2.05, 4.69) is 26.1 Å². The van der Waals surface area contributed by atoms with Gasteiger partial charge >= 0.3 is 12.0 Å². The number of carboxylic acids is 1. The zero-order valence-corrected chi connectivity index (χ0v) is 13.8. The first-order valence-electron chi connectivity index (χ1n) is 8.02. The van der Waals surface area contributed by atoms with Gasteiger partial charge in [0.25, 0.3) is 0 Å². The van der Waals surface area contributed by atoms with Crippen molar-refractivity contribution in [1.82, 2.24) is 10.2 Å². The molecule has 21 heavy (non-hydrogen) atoms. The molecule has 1 rings (SSSR count). The largest absolute Gasteiger partial charge is 0.481 e. The van der Waals surface area contributed by atoms with Crippen LogP contribution in [0, 0.1) is 11.3 Å². The number of carbonyl (C=O) groups excluding carboxylic acids is 1. The molecule has 1 atom stereocenters. The third kappa shape index (κ3) is 6.36. The highest BCUT2D eigenvalue weighted by atomic mass is 16.4. The molecule has 1 aliphatic rings. The molecular weight excluding hydrogens is 268 g/mol. The number of nitrogens with one attached hydrogen (secondary N) is 1. The Hall–Kier alpha value is -1.26. The van der Waals surface area contributed by atoms with Crippen LogP contribution in [0.15, 0.2) is 0 Å². The fourth-order valence-corrected chi connectivity index (χ4v) is 2.72. The van der Waals surface area contributed by atoms with Gasteiger partial charge in [0.1, 0.15) is 0 Å². The van der Waals surface area contributed by atoms with E-state index in [0.29, 0.717) is 24.9 Å². The minimum Gasteiger partial charge on any atom is -0.481 e. The Kier molecular flexibility index (Phi) is 6.49. The first kappa shape index (κ1) is 17.8. The lowest BCUT2D eigenvalue weighted by atomic mass is 9.76. The van der Waals surface area contributed by atoms with Crippen LogP contribution in [-0.4, -0.2) is 41.1 Å². The highest BCUT2D eigenvalue weighted by molar-refractivity contribution is 5.74. The average molecular weight is 298 g/mol. The Labute approximate surface area is 128 Å². The van der Waals surface area contributed by atoms with Gasteiger partial charge in [-0.2, -0.15) is 0 Å². The molecule has 0 aliphatic heterocycles. The molecule has 2 N–H and O–H groups in total. The molecule has 0 aromatic carbocycles. The number of hydrogen-bond acceptors (Lipinski definition) is 2. The second-order valence-electron chi connectivity index (χ2n) is 7.03. The molecule has 0 radical (unpaired) electrons. The number of rotatable bonds is 8. The number of urea groups is 1. The third-order valence-electron chi connectivity index (χ3n) is 4.29. The Morgan fingerprint density at radius 3 is 2.33 bits per heavy atom. The van der Waals surface area contributed by atoms with E-state index in [1.165, 1.54) is 0 Å². The minimum absolute atomic E-state index is 0.0193. The topological polar surface area (TPSA) is 69.6 Å². The van der Waals surface area contributed by atoms with Crippen molar-refractivity contribution in [3.8, 4) is 0 Å². The van der Waals surface area contributed by atoms with E-state index in [1.54, 1.807) is 0 Å². The summed E-state index contributed by atoms with van der Waals surface area (Å²) in [5.74, 6) is -0.455. The molecule has 0 bridgehead atoms. The average Bonchev–Trinajstić information content (AvgIpc) is 3.17. The maximum Gasteiger partial charge on any atom is 0.317 e. The van der Waals surface area contributed by atoms with E-state index < -0.39 is 5.97 Å². The molecule has 1 aliphatic carbocycles. The lowest BCUT2D eigenvalue weighted by Gasteiger charge is -2.31. The number of carbonyl (C=O) groups is 2. The van der Waals surface area contributed by atoms with Gasteiger partial charge < -0.3 is 15.3 Å². The molecule has 5 nitrogen and oxygen atoms in total. The van der Waals surface area contributed by atoms with E-state index in [1.807, 2.05) is 11.8 Å². The highest BCUT2D eigenvalue weighted by Crippen LogP contribution is 2.32. The maximum absolute atomic E-state index is 12.1. The van der Waals surface area contributed by atoms with Crippen molar-refractivity contribution in [2.45, 2.75) is 65.8 Å². The number of carboxylic acid groups (broad SMARTS) is 1. The molecule has 5 heteroatoms. The molecule has 1 unspecified atom stereocenters. The fraction of sp³-hybridized carbons (Fsp3) is 0.875. The van der Waals surface area contributed by atoms with Crippen LogP contribution in [0.2, 0.25) is 0 Å². The van der Waals surface area contributed by atoms with Crippen LogP contribution in [0.4, 0.5) is 4.79 Å². The number of amides is 2. The van der Waals surface area contributed by atoms with Gasteiger partial charge in [0.2, 0.25) is 0 Å². The van der Waals surface area contributed by atoms with Crippen molar-refractivity contribution in [1.29, 1.82) is 0 Å². The Morgan fingerprint density at radius 2 is 1.90 bits per heavy atom. The van der Waals surface area contributed by atoms with Crippen LogP contribution in [0.1, 0.15) is 59.8 Å². The summed E-state index contributed by atoms with van der Waals surface area (Å²) in [6.45, 7) is 9.75. The monoisotopic (exact) mass is 298 g/mol. The molecule has 0 heterocycles. The lowest BCUT2D eigenvalue weighted by Crippen LogP contribution is -2.42. The minimum atomic E-state index is -0.751. The molecule has 0 spiro atoms. The van der Waals surface area contributed by atoms with Crippen LogP contribution in [-0.2, 0) is 4.79 Å². The summed E-state index contributed by atoms with van der Waals surface area (Å²) in [4.78, 5) is 24.7. The van der Waals surface area contributed by atoms with Crippen LogP contribution in [0.25, 0.3) is 0 Å². The number of nitrogens with zero attached hydrogens (tertiary/aromatic N) is 1. The van der Waals surface area contributed by atoms with Gasteiger partial charge in [-0.05, 0) is 43.9 Å². The lowest BCUT2D eigenvalue weighted by molar-refractivity contribution is -0.137. The first-order chi connectivity index (χ1) is 9.75. The van der Waals surface area contributed by atoms with E-state index in [-0.39, 0.29) is 17.9 Å². The molecule has 1 saturated carbocycles. The predicted molar refractivity (Wildman–Crippen MR) is 83.2 cm³/mol. The third-order valence-corrected chi connectivity index (χ3v) is 4.29. The van der Waals surface area contributed by atoms with Crippen molar-refractivity contribution in [2.75, 3.05) is 13.1 Å². The number of aliphatic carboxylic acids is 1. The van der Waals surface area contributed by atoms with E-state index in [9.17, 15) is 9.59 Å². The second kappa shape index (κ2) is 7.66. The Balaban J connectivity index is 2.38. The van der Waals surface area contributed by atoms with Gasteiger partial charge in [0, 0.05) is 25.6 Å². The van der Waals surface area contributed by atoms with Gasteiger partial charge in [-0.1, -0.05) is 20.8 Å². The second-order valence-corrected chi connectivity index (χ2v) is 7.03. The molecule has 0 aromatic heterocycles. The molecule has 0 saturated heterocycles. The van der Waals surface area contributed by atoms with Crippen molar-refractivity contribution in [3.05, 3.63) is 0 Å². The summed E-state index contributed by atoms with van der Waals surface area (Å²) in [6.07, 6.45) is 3.91. The molecule has 2 amide bonds. The van der Waals surface area contributed by atoms with Crippen LogP contribution < -0.4 is 5.32 Å². The normalized spacial score (nSPS) is 16.4. The zero-order chi connectivity index (χ0) is 16.0. The van der Waals surface area contributed by atoms with Gasteiger partial charge in [0.15, 0.2) is 0 Å². The Morgan fingerprint density at radius 1 is 1.29 bits per heavy atom. The summed E-state index contributed by atoms with van der Waals surface area (Å²) >= 11 is 0.